The van der Waals surface area contributed by atoms with Crippen molar-refractivity contribution in [1.82, 2.24) is 5.32 Å². The zero-order chi connectivity index (χ0) is 54.9. The lowest BCUT2D eigenvalue weighted by Crippen LogP contribution is -2.82. The molecule has 0 radical (unpaired) electrons. The third-order valence-corrected chi connectivity index (χ3v) is 27.1. The van der Waals surface area contributed by atoms with Crippen LogP contribution in [-0.4, -0.2) is 124 Å². The molecule has 73 heavy (non-hydrogen) atoms. The van der Waals surface area contributed by atoms with Crippen molar-refractivity contribution in [3.05, 3.63) is 23.3 Å². The molecular formula is C55H91NO15Si2. The SMILES string of the molecule is CC[Si](CC)(CC)O[C@H]1C[C@H]2OC[C@@]2(OC(C)=O)[C@H]2[C@@H]3OC(=O)CC(C)(C)CC/C=C/CC[C@H](NC(=O)OC(C)(C)C)[C@@H](O[Si](CC)(CC)CC)C(=O)O[C@H]4C[C@]3(O)C(C)(C)C(=C4C)[C@@H](OC(C)=O)C(=O)[C@]12C. The average Bonchev–Trinajstić information content (AvgIpc) is 3.28. The predicted molar refractivity (Wildman–Crippen MR) is 280 cm³/mol. The quantitative estimate of drug-likeness (QED) is 0.0761. The van der Waals surface area contributed by atoms with E-state index in [-0.39, 0.29) is 37.9 Å². The summed E-state index contributed by atoms with van der Waals surface area (Å²) in [5.74, 6) is -4.89. The van der Waals surface area contributed by atoms with Gasteiger partial charge in [-0.05, 0) is 113 Å². The molecule has 414 valence electrons. The fourth-order valence-corrected chi connectivity index (χ4v) is 18.6. The number of carbonyl (C=O) groups excluding carboxylic acids is 6. The zero-order valence-electron chi connectivity index (χ0n) is 47.3. The Labute approximate surface area is 437 Å². The summed E-state index contributed by atoms with van der Waals surface area (Å²) >= 11 is 0. The van der Waals surface area contributed by atoms with E-state index in [2.05, 4.69) is 26.1 Å². The molecule has 3 bridgehead atoms. The van der Waals surface area contributed by atoms with Crippen LogP contribution in [0.4, 0.5) is 4.79 Å². The van der Waals surface area contributed by atoms with E-state index < -0.39 is 134 Å². The van der Waals surface area contributed by atoms with Crippen molar-refractivity contribution in [3.8, 4) is 0 Å². The number of hydrogen-bond donors (Lipinski definition) is 2. The van der Waals surface area contributed by atoms with E-state index in [1.54, 1.807) is 48.5 Å². The van der Waals surface area contributed by atoms with Gasteiger partial charge in [-0.25, -0.2) is 9.59 Å². The fraction of sp³-hybridized carbons (Fsp3) is 0.818. The number of rotatable bonds is 13. The third-order valence-electron chi connectivity index (χ3n) is 17.8. The van der Waals surface area contributed by atoms with Gasteiger partial charge < -0.3 is 47.7 Å². The summed E-state index contributed by atoms with van der Waals surface area (Å²) in [6.45, 7) is 30.6. The summed E-state index contributed by atoms with van der Waals surface area (Å²) in [7, 11) is -5.30. The van der Waals surface area contributed by atoms with Crippen LogP contribution in [0.15, 0.2) is 23.3 Å². The Bertz CT molecular complexity index is 2110. The van der Waals surface area contributed by atoms with Gasteiger partial charge in [0.15, 0.2) is 40.2 Å². The molecule has 0 aromatic heterocycles. The molecule has 1 saturated heterocycles. The zero-order valence-corrected chi connectivity index (χ0v) is 49.3. The van der Waals surface area contributed by atoms with Crippen molar-refractivity contribution in [2.45, 2.75) is 258 Å². The Morgan fingerprint density at radius 3 is 1.93 bits per heavy atom. The first-order chi connectivity index (χ1) is 33.8. The molecule has 2 N–H and O–H groups in total. The highest BCUT2D eigenvalue weighted by molar-refractivity contribution is 6.74. The lowest BCUT2D eigenvalue weighted by molar-refractivity contribution is -0.346. The van der Waals surface area contributed by atoms with E-state index in [1.807, 2.05) is 46.8 Å². The standard InChI is InChI=1S/C55H91NO15Si2/c1-18-72(19-2,20-3)70-39-30-40-54(33-64-40,68-36(9)58)45-47-55(63)31-38(34(7)42(52(55,15)16)44(65-35(8)57)46(60)53(39,45)17)66-48(61)43(71-73(21-4,22-5)23-6)37(56-49(62)69-50(10,11)12)28-26-24-25-27-29-51(13,14)32-41(59)67-47/h24-25,37-40,43-45,47,63H,18-23,26-33H2,1-17H3,(H,56,62)/b25-24+/t37-,38-,39-,40+,43+,44+,45-,47-,53+,54-,55+/m0/s1. The number of allylic oxidation sites excluding steroid dienone is 2. The van der Waals surface area contributed by atoms with Crippen LogP contribution in [0.5, 0.6) is 0 Å². The third kappa shape index (κ3) is 11.9. The molecule has 0 aromatic rings. The number of esters is 4. The molecule has 16 nitrogen and oxygen atoms in total. The van der Waals surface area contributed by atoms with Crippen LogP contribution in [-0.2, 0) is 61.2 Å². The molecule has 3 fully saturated rings. The Morgan fingerprint density at radius 2 is 1.41 bits per heavy atom. The molecule has 5 aliphatic rings. The van der Waals surface area contributed by atoms with Crippen molar-refractivity contribution >= 4 is 52.4 Å². The van der Waals surface area contributed by atoms with Crippen molar-refractivity contribution < 1.29 is 71.1 Å². The second-order valence-corrected chi connectivity index (χ2v) is 33.6. The number of fused-ring (bicyclic) bond motifs is 6. The Kier molecular flexibility index (Phi) is 18.8. The summed E-state index contributed by atoms with van der Waals surface area (Å²) < 4.78 is 52.8. The van der Waals surface area contributed by atoms with Crippen LogP contribution in [0.1, 0.15) is 163 Å². The summed E-state index contributed by atoms with van der Waals surface area (Å²) in [4.78, 5) is 87.8. The normalized spacial score (nSPS) is 34.5. The van der Waals surface area contributed by atoms with E-state index in [1.165, 1.54) is 13.8 Å². The topological polar surface area (TPSA) is 209 Å². The van der Waals surface area contributed by atoms with E-state index in [9.17, 15) is 19.5 Å². The second-order valence-electron chi connectivity index (χ2n) is 24.2. The van der Waals surface area contributed by atoms with Crippen LogP contribution in [0.3, 0.4) is 0 Å². The van der Waals surface area contributed by atoms with E-state index in [4.69, 9.17) is 37.3 Å². The molecule has 2 aliphatic heterocycles. The molecule has 0 unspecified atom stereocenters. The van der Waals surface area contributed by atoms with Gasteiger partial charge in [-0.1, -0.05) is 81.4 Å². The van der Waals surface area contributed by atoms with E-state index >= 15 is 14.4 Å². The first-order valence-electron chi connectivity index (χ1n) is 27.2. The largest absolute Gasteiger partial charge is 0.459 e. The number of alkyl carbamates (subject to hydrolysis) is 1. The van der Waals surface area contributed by atoms with Gasteiger partial charge in [0, 0.05) is 32.1 Å². The number of carbonyl (C=O) groups is 6. The smallest absolute Gasteiger partial charge is 0.407 e. The molecular weight excluding hydrogens is 971 g/mol. The maximum Gasteiger partial charge on any atom is 0.407 e. The first kappa shape index (κ1) is 60.4. The van der Waals surface area contributed by atoms with Crippen molar-refractivity contribution in [3.63, 3.8) is 0 Å². The Balaban J connectivity index is 1.90. The molecule has 0 aromatic carbocycles. The second kappa shape index (κ2) is 22.7. The Hall–Kier alpha value is -3.43. The van der Waals surface area contributed by atoms with Gasteiger partial charge in [0.25, 0.3) is 0 Å². The maximum atomic E-state index is 16.5. The lowest BCUT2D eigenvalue weighted by atomic mass is 9.44. The highest BCUT2D eigenvalue weighted by Crippen LogP contribution is 2.65. The van der Waals surface area contributed by atoms with Crippen LogP contribution < -0.4 is 5.32 Å². The van der Waals surface area contributed by atoms with Gasteiger partial charge in [0.2, 0.25) is 0 Å². The van der Waals surface area contributed by atoms with Crippen LogP contribution in [0, 0.1) is 22.2 Å². The van der Waals surface area contributed by atoms with Gasteiger partial charge in [-0.2, -0.15) is 0 Å². The minimum absolute atomic E-state index is 0.0851. The lowest BCUT2D eigenvalue weighted by Gasteiger charge is -2.68. The first-order valence-corrected chi connectivity index (χ1v) is 32.3. The number of amides is 1. The Morgan fingerprint density at radius 1 is 0.836 bits per heavy atom. The summed E-state index contributed by atoms with van der Waals surface area (Å²) in [5.41, 5.74) is -8.21. The van der Waals surface area contributed by atoms with Gasteiger partial charge >= 0.3 is 30.0 Å². The average molecular weight is 1060 g/mol. The van der Waals surface area contributed by atoms with Crippen molar-refractivity contribution in [1.29, 1.82) is 0 Å². The maximum absolute atomic E-state index is 16.5. The molecule has 2 saturated carbocycles. The number of nitrogens with one attached hydrogen (secondary N) is 1. The van der Waals surface area contributed by atoms with Crippen LogP contribution in [0.25, 0.3) is 0 Å². The van der Waals surface area contributed by atoms with E-state index in [0.29, 0.717) is 61.1 Å². The summed E-state index contributed by atoms with van der Waals surface area (Å²) in [6, 6.07) is 3.20. The molecule has 11 atom stereocenters. The van der Waals surface area contributed by atoms with Gasteiger partial charge in [-0.3, -0.25) is 19.2 Å². The minimum atomic E-state index is -2.68. The molecule has 2 heterocycles. The van der Waals surface area contributed by atoms with Crippen molar-refractivity contribution in [2.24, 2.45) is 22.2 Å². The highest BCUT2D eigenvalue weighted by atomic mass is 28.4. The number of aliphatic hydroxyl groups is 1. The number of Topliss-reactive ketones (excluding diaryl/α,β-unsaturated/α-hetero) is 1. The monoisotopic (exact) mass is 1060 g/mol. The predicted octanol–water partition coefficient (Wildman–Crippen LogP) is 9.75. The van der Waals surface area contributed by atoms with Gasteiger partial charge in [-0.15, -0.1) is 0 Å². The van der Waals surface area contributed by atoms with Gasteiger partial charge in [0.05, 0.1) is 36.5 Å². The summed E-state index contributed by atoms with van der Waals surface area (Å²) in [5, 5.41) is 17.3. The van der Waals surface area contributed by atoms with Gasteiger partial charge in [0.1, 0.15) is 29.5 Å². The number of hydrogen-bond acceptors (Lipinski definition) is 15. The fourth-order valence-electron chi connectivity index (χ4n) is 12.9. The molecule has 1 amide bonds. The van der Waals surface area contributed by atoms with Crippen LogP contribution >= 0.6 is 0 Å². The number of ether oxygens (including phenoxy) is 6. The molecule has 18 heteroatoms. The number of ketones is 1. The molecule has 0 spiro atoms. The molecule has 5 rings (SSSR count). The minimum Gasteiger partial charge on any atom is -0.459 e. The van der Waals surface area contributed by atoms with Crippen molar-refractivity contribution in [2.75, 3.05) is 6.61 Å². The van der Waals surface area contributed by atoms with Crippen LogP contribution in [0.2, 0.25) is 36.3 Å². The molecule has 3 aliphatic carbocycles. The summed E-state index contributed by atoms with van der Waals surface area (Å²) in [6.07, 6.45) is -3.01. The van der Waals surface area contributed by atoms with E-state index in [0.717, 1.165) is 0 Å². The highest BCUT2D eigenvalue weighted by Gasteiger charge is 2.79.